The van der Waals surface area contributed by atoms with Crippen LogP contribution in [0.1, 0.15) is 5.56 Å². The summed E-state index contributed by atoms with van der Waals surface area (Å²) in [6.07, 6.45) is 0. The first-order valence-electron chi connectivity index (χ1n) is 6.97. The van der Waals surface area contributed by atoms with Crippen molar-refractivity contribution in [1.82, 2.24) is 9.80 Å². The number of nitrogens with zero attached hydrogens (tertiary/aromatic N) is 2. The molecule has 4 heterocycles. The topological polar surface area (TPSA) is 49.6 Å². The average Bonchev–Trinajstić information content (AvgIpc) is 2.64. The summed E-state index contributed by atoms with van der Waals surface area (Å²) in [7, 11) is 0. The van der Waals surface area contributed by atoms with Crippen LogP contribution in [0.5, 0.6) is 0 Å². The van der Waals surface area contributed by atoms with Crippen LogP contribution < -0.4 is 5.73 Å². The minimum Gasteiger partial charge on any atom is -0.317 e. The second kappa shape index (κ2) is 3.66. The number of carbonyl (C=O) groups excluding carboxylic acids is 1. The van der Waals surface area contributed by atoms with Crippen LogP contribution in [0.4, 0.5) is 0 Å². The number of Topliss-reactive ketones (excluding diaryl/α,β-unsaturated/α-hetero) is 1. The van der Waals surface area contributed by atoms with Gasteiger partial charge in [0.25, 0.3) is 0 Å². The van der Waals surface area contributed by atoms with Crippen molar-refractivity contribution in [3.8, 4) is 0 Å². The molecule has 4 saturated heterocycles. The second-order valence-corrected chi connectivity index (χ2v) is 6.35. The minimum absolute atomic E-state index is 0.251. The number of carbonyl (C=O) groups is 1. The Labute approximate surface area is 113 Å². The highest BCUT2D eigenvalue weighted by atomic mass is 16.1. The molecule has 0 aliphatic carbocycles. The summed E-state index contributed by atoms with van der Waals surface area (Å²) in [5, 5.41) is 0. The largest absolute Gasteiger partial charge is 0.317 e. The van der Waals surface area contributed by atoms with E-state index >= 15 is 0 Å². The molecule has 2 atom stereocenters. The van der Waals surface area contributed by atoms with E-state index in [1.165, 1.54) is 0 Å². The third kappa shape index (κ3) is 1.48. The molecule has 4 aliphatic rings. The zero-order valence-corrected chi connectivity index (χ0v) is 11.0. The van der Waals surface area contributed by atoms with Gasteiger partial charge >= 0.3 is 0 Å². The average molecular weight is 257 g/mol. The molecule has 4 aliphatic heterocycles. The van der Waals surface area contributed by atoms with Crippen molar-refractivity contribution in [3.05, 3.63) is 35.9 Å². The molecule has 1 aromatic rings. The lowest BCUT2D eigenvalue weighted by atomic mass is 9.64. The Morgan fingerprint density at radius 3 is 2.11 bits per heavy atom. The Morgan fingerprint density at radius 2 is 1.53 bits per heavy atom. The van der Waals surface area contributed by atoms with Crippen molar-refractivity contribution >= 4 is 5.78 Å². The molecule has 0 aromatic heterocycles. The SMILES string of the molecule is NC12CN3CCN(C1)CC(c1ccccc1)(C3)C2=O. The fraction of sp³-hybridized carbons (Fsp3) is 0.533. The van der Waals surface area contributed by atoms with Gasteiger partial charge in [-0.25, -0.2) is 0 Å². The van der Waals surface area contributed by atoms with Gasteiger partial charge in [0, 0.05) is 39.3 Å². The maximum Gasteiger partial charge on any atom is 0.168 e. The predicted molar refractivity (Wildman–Crippen MR) is 72.9 cm³/mol. The standard InChI is InChI=1S/C15H19N3O/c16-15-10-17-6-7-18(11-15)9-14(8-17,13(15)19)12-4-2-1-3-5-12/h1-5H,6-11,16H2. The van der Waals surface area contributed by atoms with Crippen molar-refractivity contribution in [1.29, 1.82) is 0 Å². The first-order chi connectivity index (χ1) is 9.12. The second-order valence-electron chi connectivity index (χ2n) is 6.35. The smallest absolute Gasteiger partial charge is 0.168 e. The Kier molecular flexibility index (Phi) is 2.23. The minimum atomic E-state index is -0.678. The molecule has 0 amide bonds. The van der Waals surface area contributed by atoms with Crippen LogP contribution >= 0.6 is 0 Å². The molecule has 19 heavy (non-hydrogen) atoms. The van der Waals surface area contributed by atoms with Gasteiger partial charge in [0.1, 0.15) is 5.54 Å². The van der Waals surface area contributed by atoms with Gasteiger partial charge in [0.15, 0.2) is 5.78 Å². The van der Waals surface area contributed by atoms with E-state index in [9.17, 15) is 4.79 Å². The van der Waals surface area contributed by atoms with Gasteiger partial charge in [-0.2, -0.15) is 0 Å². The molecule has 2 N–H and O–H groups in total. The first-order valence-corrected chi connectivity index (χ1v) is 6.97. The highest BCUT2D eigenvalue weighted by molar-refractivity contribution is 6.00. The predicted octanol–water partition coefficient (Wildman–Crippen LogP) is -0.164. The third-order valence-electron chi connectivity index (χ3n) is 4.94. The number of hydrogen-bond donors (Lipinski definition) is 1. The van der Waals surface area contributed by atoms with E-state index in [2.05, 4.69) is 21.9 Å². The van der Waals surface area contributed by atoms with Gasteiger partial charge in [0.2, 0.25) is 0 Å². The zero-order valence-electron chi connectivity index (χ0n) is 11.0. The molecule has 4 nitrogen and oxygen atoms in total. The number of fused-ring (bicyclic) bond motifs is 1. The van der Waals surface area contributed by atoms with E-state index < -0.39 is 11.0 Å². The Balaban J connectivity index is 1.89. The van der Waals surface area contributed by atoms with Crippen LogP contribution in [-0.4, -0.2) is 60.4 Å². The van der Waals surface area contributed by atoms with Crippen molar-refractivity contribution in [3.63, 3.8) is 0 Å². The molecule has 4 bridgehead atoms. The highest BCUT2D eigenvalue weighted by Gasteiger charge is 2.60. The van der Waals surface area contributed by atoms with E-state index in [0.29, 0.717) is 0 Å². The van der Waals surface area contributed by atoms with Gasteiger partial charge in [-0.15, -0.1) is 0 Å². The normalized spacial score (nSPS) is 44.4. The Morgan fingerprint density at radius 1 is 0.947 bits per heavy atom. The van der Waals surface area contributed by atoms with Crippen LogP contribution in [0, 0.1) is 0 Å². The number of rotatable bonds is 1. The van der Waals surface area contributed by atoms with Gasteiger partial charge in [-0.3, -0.25) is 14.6 Å². The molecule has 0 spiro atoms. The van der Waals surface area contributed by atoms with E-state index in [4.69, 9.17) is 5.73 Å². The van der Waals surface area contributed by atoms with E-state index in [0.717, 1.165) is 44.8 Å². The molecule has 0 saturated carbocycles. The molecule has 5 rings (SSSR count). The molecular weight excluding hydrogens is 238 g/mol. The lowest BCUT2D eigenvalue weighted by molar-refractivity contribution is -0.139. The van der Waals surface area contributed by atoms with Crippen LogP contribution in [0.2, 0.25) is 0 Å². The molecule has 2 unspecified atom stereocenters. The zero-order chi connectivity index (χ0) is 13.1. The van der Waals surface area contributed by atoms with Gasteiger partial charge in [-0.1, -0.05) is 30.3 Å². The molecule has 4 fully saturated rings. The van der Waals surface area contributed by atoms with Gasteiger partial charge in [0.05, 0.1) is 5.41 Å². The molecule has 1 aromatic carbocycles. The lowest BCUT2D eigenvalue weighted by Crippen LogP contribution is -2.76. The number of piperidine rings is 2. The third-order valence-corrected chi connectivity index (χ3v) is 4.94. The lowest BCUT2D eigenvalue weighted by Gasteiger charge is -2.53. The van der Waals surface area contributed by atoms with Crippen molar-refractivity contribution < 1.29 is 4.79 Å². The molecule has 4 heteroatoms. The van der Waals surface area contributed by atoms with Crippen molar-refractivity contribution in [2.75, 3.05) is 39.3 Å². The maximum atomic E-state index is 13.0. The van der Waals surface area contributed by atoms with E-state index in [-0.39, 0.29) is 5.78 Å². The summed E-state index contributed by atoms with van der Waals surface area (Å²) in [6.45, 7) is 5.14. The monoisotopic (exact) mass is 257 g/mol. The molecular formula is C15H19N3O. The summed E-state index contributed by atoms with van der Waals surface area (Å²) >= 11 is 0. The van der Waals surface area contributed by atoms with Crippen LogP contribution in [-0.2, 0) is 10.2 Å². The van der Waals surface area contributed by atoms with Crippen LogP contribution in [0.25, 0.3) is 0 Å². The number of ketones is 1. The number of nitrogens with two attached hydrogens (primary N) is 1. The fourth-order valence-electron chi connectivity index (χ4n) is 4.21. The van der Waals surface area contributed by atoms with Crippen molar-refractivity contribution in [2.45, 2.75) is 11.0 Å². The Bertz CT molecular complexity index is 511. The fourth-order valence-corrected chi connectivity index (χ4v) is 4.21. The number of hydrogen-bond acceptors (Lipinski definition) is 4. The van der Waals surface area contributed by atoms with E-state index in [1.54, 1.807) is 0 Å². The summed E-state index contributed by atoms with van der Waals surface area (Å²) in [4.78, 5) is 17.7. The Hall–Kier alpha value is -1.23. The van der Waals surface area contributed by atoms with E-state index in [1.807, 2.05) is 18.2 Å². The highest BCUT2D eigenvalue weighted by Crippen LogP contribution is 2.40. The molecule has 100 valence electrons. The van der Waals surface area contributed by atoms with Crippen molar-refractivity contribution in [2.24, 2.45) is 5.73 Å². The van der Waals surface area contributed by atoms with Crippen LogP contribution in [0.15, 0.2) is 30.3 Å². The summed E-state index contributed by atoms with van der Waals surface area (Å²) in [6, 6.07) is 10.2. The van der Waals surface area contributed by atoms with Crippen LogP contribution in [0.3, 0.4) is 0 Å². The summed E-state index contributed by atoms with van der Waals surface area (Å²) in [5.41, 5.74) is 6.49. The maximum absolute atomic E-state index is 13.0. The van der Waals surface area contributed by atoms with Gasteiger partial charge in [-0.05, 0) is 5.56 Å². The number of benzene rings is 1. The summed E-state index contributed by atoms with van der Waals surface area (Å²) in [5.74, 6) is 0.251. The first kappa shape index (κ1) is 11.6. The quantitative estimate of drug-likeness (QED) is 0.759. The molecule has 0 radical (unpaired) electrons. The summed E-state index contributed by atoms with van der Waals surface area (Å²) < 4.78 is 0. The van der Waals surface area contributed by atoms with Gasteiger partial charge < -0.3 is 5.73 Å².